The van der Waals surface area contributed by atoms with Crippen molar-refractivity contribution in [2.45, 2.75) is 75.6 Å². The van der Waals surface area contributed by atoms with Crippen LogP contribution in [0.1, 0.15) is 45.4 Å². The number of ether oxygens (including phenoxy) is 2. The van der Waals surface area contributed by atoms with Gasteiger partial charge in [-0.3, -0.25) is 4.79 Å². The van der Waals surface area contributed by atoms with E-state index in [4.69, 9.17) is 4.74 Å². The molecule has 0 amide bonds. The Labute approximate surface area is 178 Å². The van der Waals surface area contributed by atoms with Gasteiger partial charge in [-0.05, 0) is 62.9 Å². The van der Waals surface area contributed by atoms with Crippen LogP contribution in [0, 0.1) is 23.2 Å². The van der Waals surface area contributed by atoms with Gasteiger partial charge >= 0.3 is 24.2 Å². The first kappa shape index (κ1) is 25.2. The fourth-order valence-electron chi connectivity index (χ4n) is 5.81. The molecule has 0 spiro atoms. The lowest BCUT2D eigenvalue weighted by atomic mass is 9.48. The summed E-state index contributed by atoms with van der Waals surface area (Å²) in [5.41, 5.74) is -2.02. The number of aliphatic hydroxyl groups is 1. The van der Waals surface area contributed by atoms with E-state index in [0.29, 0.717) is 18.4 Å². The Morgan fingerprint density at radius 2 is 1.59 bits per heavy atom. The lowest BCUT2D eigenvalue weighted by molar-refractivity contribution is -0.350. The smallest absolute Gasteiger partial charge is 0.454 e. The molecule has 12 heteroatoms. The predicted molar refractivity (Wildman–Crippen MR) is 93.3 cm³/mol. The van der Waals surface area contributed by atoms with Gasteiger partial charge in [0.2, 0.25) is 0 Å². The van der Waals surface area contributed by atoms with Crippen molar-refractivity contribution in [2.75, 3.05) is 6.61 Å². The van der Waals surface area contributed by atoms with Crippen LogP contribution in [-0.2, 0) is 14.3 Å². The third-order valence-corrected chi connectivity index (χ3v) is 6.82. The normalized spacial score (nSPS) is 34.3. The Hall–Kier alpha value is -1.43. The zero-order valence-electron chi connectivity index (χ0n) is 17.2. The number of aliphatic hydroxyl groups excluding tert-OH is 1. The van der Waals surface area contributed by atoms with Crippen LogP contribution in [0.25, 0.3) is 0 Å². The molecule has 4 saturated carbocycles. The largest absolute Gasteiger partial charge is 0.464 e. The van der Waals surface area contributed by atoms with Gasteiger partial charge in [0.05, 0.1) is 11.0 Å². The summed E-state index contributed by atoms with van der Waals surface area (Å²) in [6.45, 7) is 2.96. The molecule has 0 radical (unpaired) electrons. The first-order chi connectivity index (χ1) is 14.4. The summed E-state index contributed by atoms with van der Waals surface area (Å²) in [7, 11) is 0. The van der Waals surface area contributed by atoms with Gasteiger partial charge in [-0.25, -0.2) is 0 Å². The van der Waals surface area contributed by atoms with Crippen molar-refractivity contribution in [2.24, 2.45) is 23.2 Å². The second-order valence-electron chi connectivity index (χ2n) is 9.55. The standard InChI is InChI=1S/C20H24F8O4/c1-10(2)14(29)32-17-6-11-3-12(7-17)5-16(4-11,9-17)15(30)31-8-13(19(23,24)25)18(21,22)20(26,27)28/h11-14,29H,1,3-9H2,2H3. The van der Waals surface area contributed by atoms with Gasteiger partial charge in [-0.15, -0.1) is 0 Å². The summed E-state index contributed by atoms with van der Waals surface area (Å²) in [6, 6.07) is 0. The fourth-order valence-corrected chi connectivity index (χ4v) is 5.81. The maximum Gasteiger partial charge on any atom is 0.454 e. The molecule has 4 fully saturated rings. The molecular formula is C20H24F8O4. The number of hydrogen-bond donors (Lipinski definition) is 1. The summed E-state index contributed by atoms with van der Waals surface area (Å²) in [5, 5.41) is 10.1. The average Bonchev–Trinajstić information content (AvgIpc) is 2.57. The van der Waals surface area contributed by atoms with Crippen LogP contribution in [0.5, 0.6) is 0 Å². The van der Waals surface area contributed by atoms with Gasteiger partial charge in [0.25, 0.3) is 0 Å². The van der Waals surface area contributed by atoms with Crippen LogP contribution in [0.4, 0.5) is 35.1 Å². The first-order valence-corrected chi connectivity index (χ1v) is 10.1. The van der Waals surface area contributed by atoms with Crippen molar-refractivity contribution < 1.29 is 54.5 Å². The minimum atomic E-state index is -6.46. The van der Waals surface area contributed by atoms with E-state index in [0.717, 1.165) is 6.42 Å². The molecule has 4 atom stereocenters. The number of carbonyl (C=O) groups is 1. The Bertz CT molecular complexity index is 746. The van der Waals surface area contributed by atoms with Crippen molar-refractivity contribution in [1.29, 1.82) is 0 Å². The van der Waals surface area contributed by atoms with E-state index in [1.807, 2.05) is 0 Å². The van der Waals surface area contributed by atoms with Crippen LogP contribution in [-0.4, -0.2) is 47.8 Å². The molecule has 0 aromatic carbocycles. The molecule has 0 heterocycles. The number of rotatable bonds is 7. The van der Waals surface area contributed by atoms with Crippen LogP contribution < -0.4 is 0 Å². The van der Waals surface area contributed by atoms with E-state index >= 15 is 0 Å². The fraction of sp³-hybridized carbons (Fsp3) is 0.850. The summed E-state index contributed by atoms with van der Waals surface area (Å²) < 4.78 is 114. The summed E-state index contributed by atoms with van der Waals surface area (Å²) in [4.78, 5) is 12.8. The lowest BCUT2D eigenvalue weighted by Gasteiger charge is -2.60. The van der Waals surface area contributed by atoms with E-state index < -0.39 is 54.1 Å². The van der Waals surface area contributed by atoms with E-state index in [1.54, 1.807) is 0 Å². The molecular weight excluding hydrogens is 456 g/mol. The SMILES string of the molecule is C=C(C)C(O)OC12CC3CC(C1)CC(C(=O)OCC(C(F)(F)F)C(F)(F)C(F)(F)F)(C3)C2. The van der Waals surface area contributed by atoms with E-state index in [1.165, 1.54) is 6.92 Å². The molecule has 0 saturated heterocycles. The van der Waals surface area contributed by atoms with Crippen LogP contribution in [0.3, 0.4) is 0 Å². The second-order valence-corrected chi connectivity index (χ2v) is 9.55. The molecule has 4 aliphatic rings. The maximum absolute atomic E-state index is 13.5. The number of carbonyl (C=O) groups excluding carboxylic acids is 1. The maximum atomic E-state index is 13.5. The third-order valence-electron chi connectivity index (χ3n) is 6.82. The lowest BCUT2D eigenvalue weighted by Crippen LogP contribution is -2.60. The van der Waals surface area contributed by atoms with Crippen LogP contribution >= 0.6 is 0 Å². The average molecular weight is 480 g/mol. The third kappa shape index (κ3) is 4.49. The van der Waals surface area contributed by atoms with Crippen molar-refractivity contribution in [3.8, 4) is 0 Å². The Morgan fingerprint density at radius 1 is 1.06 bits per heavy atom. The monoisotopic (exact) mass is 480 g/mol. The number of esters is 1. The molecule has 4 nitrogen and oxygen atoms in total. The highest BCUT2D eigenvalue weighted by Gasteiger charge is 2.70. The number of alkyl halides is 8. The Kier molecular flexibility index (Phi) is 6.15. The topological polar surface area (TPSA) is 55.8 Å². The zero-order chi connectivity index (χ0) is 24.3. The molecule has 32 heavy (non-hydrogen) atoms. The highest BCUT2D eigenvalue weighted by molar-refractivity contribution is 5.78. The molecule has 4 unspecified atom stereocenters. The highest BCUT2D eigenvalue weighted by Crippen LogP contribution is 2.63. The van der Waals surface area contributed by atoms with Crippen LogP contribution in [0.2, 0.25) is 0 Å². The van der Waals surface area contributed by atoms with Crippen LogP contribution in [0.15, 0.2) is 12.2 Å². The minimum Gasteiger partial charge on any atom is -0.464 e. The molecule has 0 aliphatic heterocycles. The Balaban J connectivity index is 1.79. The number of halogens is 8. The van der Waals surface area contributed by atoms with Gasteiger partial charge in [-0.2, -0.15) is 35.1 Å². The van der Waals surface area contributed by atoms with Crippen molar-refractivity contribution in [3.63, 3.8) is 0 Å². The second kappa shape index (κ2) is 7.82. The van der Waals surface area contributed by atoms with Gasteiger partial charge in [-0.1, -0.05) is 6.58 Å². The summed E-state index contributed by atoms with van der Waals surface area (Å²) >= 11 is 0. The molecule has 4 bridgehead atoms. The molecule has 184 valence electrons. The van der Waals surface area contributed by atoms with Gasteiger partial charge in [0.15, 0.2) is 12.2 Å². The van der Waals surface area contributed by atoms with E-state index in [9.17, 15) is 45.0 Å². The Morgan fingerprint density at radius 3 is 2.03 bits per heavy atom. The highest BCUT2D eigenvalue weighted by atomic mass is 19.4. The first-order valence-electron chi connectivity index (χ1n) is 10.1. The van der Waals surface area contributed by atoms with Crippen molar-refractivity contribution in [1.82, 2.24) is 0 Å². The molecule has 1 N–H and O–H groups in total. The quantitative estimate of drug-likeness (QED) is 0.237. The van der Waals surface area contributed by atoms with Gasteiger partial charge in [0.1, 0.15) is 6.61 Å². The molecule has 0 aromatic heterocycles. The summed E-state index contributed by atoms with van der Waals surface area (Å²) in [6.07, 6.45) is -11.7. The van der Waals surface area contributed by atoms with Crippen molar-refractivity contribution in [3.05, 3.63) is 12.2 Å². The van der Waals surface area contributed by atoms with Gasteiger partial charge in [0, 0.05) is 0 Å². The number of hydrogen-bond acceptors (Lipinski definition) is 4. The summed E-state index contributed by atoms with van der Waals surface area (Å²) in [5.74, 6) is -11.7. The molecule has 4 rings (SSSR count). The molecule has 0 aromatic rings. The van der Waals surface area contributed by atoms with Crippen molar-refractivity contribution >= 4 is 5.97 Å². The minimum absolute atomic E-state index is 0.0253. The van der Waals surface area contributed by atoms with E-state index in [-0.39, 0.29) is 31.1 Å². The van der Waals surface area contributed by atoms with E-state index in [2.05, 4.69) is 11.3 Å². The van der Waals surface area contributed by atoms with Gasteiger partial charge < -0.3 is 14.6 Å². The zero-order valence-corrected chi connectivity index (χ0v) is 17.2. The predicted octanol–water partition coefficient (Wildman–Crippen LogP) is 5.16. The molecule has 4 aliphatic carbocycles.